The van der Waals surface area contributed by atoms with E-state index in [9.17, 15) is 4.79 Å². The Labute approximate surface area is 64.8 Å². The highest BCUT2D eigenvalue weighted by Crippen LogP contribution is 2.05. The van der Waals surface area contributed by atoms with Crippen molar-refractivity contribution in [3.05, 3.63) is 34.5 Å². The maximum absolute atomic E-state index is 10.8. The molecule has 0 amide bonds. The molecule has 1 N–H and O–H groups in total. The standard InChI is InChI=1S/C8H10N2O/c1-3-6(2)7-4-8(11)10-5-9-7/h3-5H,1-2H3,(H,9,10,11)/b6-3+. The summed E-state index contributed by atoms with van der Waals surface area (Å²) >= 11 is 0. The van der Waals surface area contributed by atoms with E-state index in [2.05, 4.69) is 9.97 Å². The molecule has 1 aromatic rings. The summed E-state index contributed by atoms with van der Waals surface area (Å²) in [5.41, 5.74) is 1.63. The molecule has 0 saturated heterocycles. The molecule has 0 bridgehead atoms. The molecule has 0 radical (unpaired) electrons. The summed E-state index contributed by atoms with van der Waals surface area (Å²) in [6.07, 6.45) is 3.33. The summed E-state index contributed by atoms with van der Waals surface area (Å²) in [7, 11) is 0. The Kier molecular flexibility index (Phi) is 2.21. The summed E-state index contributed by atoms with van der Waals surface area (Å²) in [4.78, 5) is 17.2. The van der Waals surface area contributed by atoms with Gasteiger partial charge in [-0.15, -0.1) is 0 Å². The minimum atomic E-state index is -0.115. The van der Waals surface area contributed by atoms with E-state index < -0.39 is 0 Å². The van der Waals surface area contributed by atoms with Crippen LogP contribution in [0.1, 0.15) is 19.5 Å². The Morgan fingerprint density at radius 2 is 2.45 bits per heavy atom. The van der Waals surface area contributed by atoms with Crippen LogP contribution in [0.25, 0.3) is 5.57 Å². The minimum Gasteiger partial charge on any atom is -0.313 e. The van der Waals surface area contributed by atoms with E-state index in [0.717, 1.165) is 11.3 Å². The van der Waals surface area contributed by atoms with Crippen LogP contribution in [-0.2, 0) is 0 Å². The van der Waals surface area contributed by atoms with Gasteiger partial charge in [0.1, 0.15) is 0 Å². The maximum atomic E-state index is 10.8. The first-order chi connectivity index (χ1) is 5.24. The van der Waals surface area contributed by atoms with Crippen molar-refractivity contribution in [1.82, 2.24) is 9.97 Å². The van der Waals surface area contributed by atoms with Gasteiger partial charge in [0, 0.05) is 6.07 Å². The zero-order valence-electron chi connectivity index (χ0n) is 6.59. The Morgan fingerprint density at radius 1 is 1.73 bits per heavy atom. The fourth-order valence-electron chi connectivity index (χ4n) is 0.732. The molecule has 0 aliphatic heterocycles. The number of nitrogens with zero attached hydrogens (tertiary/aromatic N) is 1. The van der Waals surface area contributed by atoms with Gasteiger partial charge in [0.2, 0.25) is 0 Å². The van der Waals surface area contributed by atoms with Gasteiger partial charge in [0.05, 0.1) is 12.0 Å². The van der Waals surface area contributed by atoms with Crippen molar-refractivity contribution in [1.29, 1.82) is 0 Å². The Bertz CT molecular complexity index is 325. The van der Waals surface area contributed by atoms with Gasteiger partial charge in [-0.05, 0) is 19.4 Å². The third-order valence-electron chi connectivity index (χ3n) is 1.52. The van der Waals surface area contributed by atoms with Crippen molar-refractivity contribution in [3.8, 4) is 0 Å². The van der Waals surface area contributed by atoms with E-state index in [1.165, 1.54) is 12.4 Å². The highest BCUT2D eigenvalue weighted by Gasteiger charge is 1.94. The van der Waals surface area contributed by atoms with Crippen LogP contribution in [0.4, 0.5) is 0 Å². The molecule has 3 heteroatoms. The molecule has 0 atom stereocenters. The van der Waals surface area contributed by atoms with E-state index in [1.807, 2.05) is 19.9 Å². The topological polar surface area (TPSA) is 45.8 Å². The summed E-state index contributed by atoms with van der Waals surface area (Å²) in [5.74, 6) is 0. The number of hydrogen-bond donors (Lipinski definition) is 1. The lowest BCUT2D eigenvalue weighted by Crippen LogP contribution is -2.05. The number of hydrogen-bond acceptors (Lipinski definition) is 2. The van der Waals surface area contributed by atoms with Crippen LogP contribution in [0.2, 0.25) is 0 Å². The number of nitrogens with one attached hydrogen (secondary N) is 1. The fraction of sp³-hybridized carbons (Fsp3) is 0.250. The minimum absolute atomic E-state index is 0.115. The van der Waals surface area contributed by atoms with Crippen LogP contribution < -0.4 is 5.56 Å². The molecule has 1 aromatic heterocycles. The zero-order chi connectivity index (χ0) is 8.27. The van der Waals surface area contributed by atoms with Crippen molar-refractivity contribution in [2.75, 3.05) is 0 Å². The van der Waals surface area contributed by atoms with Gasteiger partial charge in [-0.2, -0.15) is 0 Å². The molecule has 0 unspecified atom stereocenters. The second kappa shape index (κ2) is 3.14. The Balaban J connectivity index is 3.16. The van der Waals surface area contributed by atoms with Crippen LogP contribution >= 0.6 is 0 Å². The fourth-order valence-corrected chi connectivity index (χ4v) is 0.732. The van der Waals surface area contributed by atoms with Crippen molar-refractivity contribution < 1.29 is 0 Å². The van der Waals surface area contributed by atoms with Gasteiger partial charge in [0.25, 0.3) is 5.56 Å². The molecule has 0 saturated carbocycles. The number of rotatable bonds is 1. The van der Waals surface area contributed by atoms with E-state index in [4.69, 9.17) is 0 Å². The van der Waals surface area contributed by atoms with E-state index in [0.29, 0.717) is 0 Å². The second-order valence-electron chi connectivity index (χ2n) is 2.27. The number of aromatic nitrogens is 2. The normalized spacial score (nSPS) is 11.6. The summed E-state index contributed by atoms with van der Waals surface area (Å²) < 4.78 is 0. The largest absolute Gasteiger partial charge is 0.313 e. The van der Waals surface area contributed by atoms with Crippen molar-refractivity contribution in [2.45, 2.75) is 13.8 Å². The lowest BCUT2D eigenvalue weighted by Gasteiger charge is -1.95. The SMILES string of the molecule is C/C=C(\C)c1cc(=O)[nH]cn1. The molecule has 1 heterocycles. The van der Waals surface area contributed by atoms with Gasteiger partial charge < -0.3 is 4.98 Å². The third kappa shape index (κ3) is 1.77. The lowest BCUT2D eigenvalue weighted by atomic mass is 10.2. The monoisotopic (exact) mass is 150 g/mol. The van der Waals surface area contributed by atoms with Gasteiger partial charge in [-0.25, -0.2) is 4.98 Å². The first-order valence-electron chi connectivity index (χ1n) is 3.42. The summed E-state index contributed by atoms with van der Waals surface area (Å²) in [6.45, 7) is 3.83. The lowest BCUT2D eigenvalue weighted by molar-refractivity contribution is 1.09. The molecular weight excluding hydrogens is 140 g/mol. The highest BCUT2D eigenvalue weighted by molar-refractivity contribution is 5.59. The third-order valence-corrected chi connectivity index (χ3v) is 1.52. The predicted octanol–water partition coefficient (Wildman–Crippen LogP) is 1.19. The van der Waals surface area contributed by atoms with Crippen molar-refractivity contribution in [3.63, 3.8) is 0 Å². The molecule has 11 heavy (non-hydrogen) atoms. The molecule has 1 rings (SSSR count). The van der Waals surface area contributed by atoms with Crippen molar-refractivity contribution in [2.24, 2.45) is 0 Å². The first-order valence-corrected chi connectivity index (χ1v) is 3.42. The van der Waals surface area contributed by atoms with Gasteiger partial charge in [-0.3, -0.25) is 4.79 Å². The zero-order valence-corrected chi connectivity index (χ0v) is 6.59. The van der Waals surface area contributed by atoms with Crippen LogP contribution in [0, 0.1) is 0 Å². The number of H-pyrrole nitrogens is 1. The van der Waals surface area contributed by atoms with Crippen LogP contribution in [0.15, 0.2) is 23.3 Å². The predicted molar refractivity (Wildman–Crippen MR) is 44.2 cm³/mol. The maximum Gasteiger partial charge on any atom is 0.251 e. The Morgan fingerprint density at radius 3 is 3.00 bits per heavy atom. The number of aromatic amines is 1. The van der Waals surface area contributed by atoms with E-state index >= 15 is 0 Å². The first kappa shape index (κ1) is 7.72. The Hall–Kier alpha value is -1.38. The number of allylic oxidation sites excluding steroid dienone is 2. The van der Waals surface area contributed by atoms with E-state index in [1.54, 1.807) is 0 Å². The van der Waals surface area contributed by atoms with Gasteiger partial charge in [0.15, 0.2) is 0 Å². The average molecular weight is 150 g/mol. The summed E-state index contributed by atoms with van der Waals surface area (Å²) in [5, 5.41) is 0. The van der Waals surface area contributed by atoms with Crippen LogP contribution in [0.5, 0.6) is 0 Å². The van der Waals surface area contributed by atoms with Crippen molar-refractivity contribution >= 4 is 5.57 Å². The van der Waals surface area contributed by atoms with Gasteiger partial charge >= 0.3 is 0 Å². The van der Waals surface area contributed by atoms with Crippen LogP contribution in [0.3, 0.4) is 0 Å². The smallest absolute Gasteiger partial charge is 0.251 e. The molecular formula is C8H10N2O. The molecule has 0 aliphatic carbocycles. The highest BCUT2D eigenvalue weighted by atomic mass is 16.1. The molecule has 0 aliphatic rings. The molecule has 0 fully saturated rings. The quantitative estimate of drug-likeness (QED) is 0.653. The second-order valence-corrected chi connectivity index (χ2v) is 2.27. The van der Waals surface area contributed by atoms with Gasteiger partial charge in [-0.1, -0.05) is 6.08 Å². The van der Waals surface area contributed by atoms with E-state index in [-0.39, 0.29) is 5.56 Å². The molecule has 0 spiro atoms. The summed E-state index contributed by atoms with van der Waals surface area (Å²) in [6, 6.07) is 1.48. The molecule has 0 aromatic carbocycles. The molecule has 58 valence electrons. The molecule has 3 nitrogen and oxygen atoms in total. The van der Waals surface area contributed by atoms with Crippen LogP contribution in [-0.4, -0.2) is 9.97 Å². The average Bonchev–Trinajstić information content (AvgIpc) is 2.03.